The van der Waals surface area contributed by atoms with E-state index in [2.05, 4.69) is 37.0 Å². The summed E-state index contributed by atoms with van der Waals surface area (Å²) < 4.78 is 5.40. The van der Waals surface area contributed by atoms with Crippen LogP contribution < -0.4 is 5.32 Å². The van der Waals surface area contributed by atoms with Crippen LogP contribution in [0, 0.1) is 5.92 Å². The third kappa shape index (κ3) is 4.82. The standard InChI is InChI=1S/C24H30N6O2/c1-28-8-10-30(11-9-28)17-29-6-4-18(5-7-29)24(31)27-23-13-21-12-19(22-15-25-16-32-22)2-3-20(21)14-26-23/h2-3,12-16,18H,4-11,17H2,1H3,(H,26,27,31). The smallest absolute Gasteiger partial charge is 0.228 e. The monoisotopic (exact) mass is 434 g/mol. The Bertz CT molecular complexity index is 1050. The maximum absolute atomic E-state index is 12.9. The Balaban J connectivity index is 1.17. The van der Waals surface area contributed by atoms with Crippen molar-refractivity contribution in [3.8, 4) is 11.3 Å². The van der Waals surface area contributed by atoms with Crippen molar-refractivity contribution in [2.24, 2.45) is 5.92 Å². The fraction of sp³-hybridized carbons (Fsp3) is 0.458. The van der Waals surface area contributed by atoms with Crippen molar-refractivity contribution in [2.45, 2.75) is 12.8 Å². The maximum Gasteiger partial charge on any atom is 0.228 e. The van der Waals surface area contributed by atoms with Gasteiger partial charge in [0.25, 0.3) is 0 Å². The molecule has 32 heavy (non-hydrogen) atoms. The molecule has 5 rings (SSSR count). The lowest BCUT2D eigenvalue weighted by Gasteiger charge is -2.38. The van der Waals surface area contributed by atoms with Crippen molar-refractivity contribution in [3.63, 3.8) is 0 Å². The molecule has 0 aliphatic carbocycles. The Morgan fingerprint density at radius 1 is 1.03 bits per heavy atom. The number of anilines is 1. The van der Waals surface area contributed by atoms with Gasteiger partial charge in [-0.3, -0.25) is 14.6 Å². The summed E-state index contributed by atoms with van der Waals surface area (Å²) in [5.74, 6) is 1.42. The Labute approximate surface area is 188 Å². The highest BCUT2D eigenvalue weighted by Crippen LogP contribution is 2.26. The van der Waals surface area contributed by atoms with Crippen molar-refractivity contribution in [2.75, 3.05) is 58.3 Å². The van der Waals surface area contributed by atoms with E-state index in [1.54, 1.807) is 12.4 Å². The van der Waals surface area contributed by atoms with Gasteiger partial charge in [0.15, 0.2) is 12.2 Å². The minimum absolute atomic E-state index is 0.0387. The van der Waals surface area contributed by atoms with Gasteiger partial charge >= 0.3 is 0 Å². The summed E-state index contributed by atoms with van der Waals surface area (Å²) in [6.45, 7) is 7.48. The van der Waals surface area contributed by atoms with Crippen LogP contribution in [0.15, 0.2) is 47.5 Å². The molecule has 168 valence electrons. The highest BCUT2D eigenvalue weighted by Gasteiger charge is 2.26. The van der Waals surface area contributed by atoms with Crippen molar-refractivity contribution in [1.29, 1.82) is 0 Å². The molecule has 0 saturated carbocycles. The fourth-order valence-electron chi connectivity index (χ4n) is 4.56. The van der Waals surface area contributed by atoms with E-state index < -0.39 is 0 Å². The van der Waals surface area contributed by atoms with Crippen molar-refractivity contribution in [3.05, 3.63) is 43.1 Å². The molecule has 0 radical (unpaired) electrons. The lowest BCUT2D eigenvalue weighted by Crippen LogP contribution is -2.50. The summed E-state index contributed by atoms with van der Waals surface area (Å²) in [4.78, 5) is 28.7. The lowest BCUT2D eigenvalue weighted by molar-refractivity contribution is -0.121. The minimum atomic E-state index is 0.0387. The molecule has 0 bridgehead atoms. The van der Waals surface area contributed by atoms with Gasteiger partial charge in [-0.2, -0.15) is 0 Å². The number of amides is 1. The van der Waals surface area contributed by atoms with Crippen LogP contribution in [-0.4, -0.2) is 83.6 Å². The molecule has 2 aliphatic heterocycles. The van der Waals surface area contributed by atoms with Crippen molar-refractivity contribution >= 4 is 22.5 Å². The number of likely N-dealkylation sites (tertiary alicyclic amines) is 1. The average molecular weight is 435 g/mol. The van der Waals surface area contributed by atoms with Gasteiger partial charge in [0.2, 0.25) is 5.91 Å². The van der Waals surface area contributed by atoms with E-state index >= 15 is 0 Å². The van der Waals surface area contributed by atoms with Crippen LogP contribution in [0.5, 0.6) is 0 Å². The number of likely N-dealkylation sites (N-methyl/N-ethyl adjacent to an activating group) is 1. The van der Waals surface area contributed by atoms with E-state index in [4.69, 9.17) is 4.42 Å². The number of hydrogen-bond acceptors (Lipinski definition) is 7. The summed E-state index contributed by atoms with van der Waals surface area (Å²) in [5.41, 5.74) is 0.950. The molecule has 2 saturated heterocycles. The Hall–Kier alpha value is -2.81. The van der Waals surface area contributed by atoms with Gasteiger partial charge in [-0.1, -0.05) is 12.1 Å². The molecule has 2 fully saturated rings. The Morgan fingerprint density at radius 3 is 2.56 bits per heavy atom. The number of nitrogens with one attached hydrogen (secondary N) is 1. The summed E-state index contributed by atoms with van der Waals surface area (Å²) in [5, 5.41) is 5.06. The van der Waals surface area contributed by atoms with Gasteiger partial charge < -0.3 is 14.6 Å². The maximum atomic E-state index is 12.9. The molecular formula is C24H30N6O2. The van der Waals surface area contributed by atoms with Gasteiger partial charge in [0.05, 0.1) is 12.9 Å². The average Bonchev–Trinajstić information content (AvgIpc) is 3.36. The Kier molecular flexibility index (Phi) is 6.16. The van der Waals surface area contributed by atoms with Crippen LogP contribution in [0.2, 0.25) is 0 Å². The molecule has 0 atom stereocenters. The van der Waals surface area contributed by atoms with Gasteiger partial charge in [-0.15, -0.1) is 0 Å². The second-order valence-corrected chi connectivity index (χ2v) is 8.94. The number of aromatic nitrogens is 2. The number of rotatable bonds is 5. The van der Waals surface area contributed by atoms with Gasteiger partial charge in [0.1, 0.15) is 5.82 Å². The lowest BCUT2D eigenvalue weighted by atomic mass is 9.96. The van der Waals surface area contributed by atoms with E-state index in [0.29, 0.717) is 5.82 Å². The molecule has 1 N–H and O–H groups in total. The normalized spacial score (nSPS) is 19.4. The molecule has 4 heterocycles. The number of oxazole rings is 1. The number of pyridine rings is 1. The van der Waals surface area contributed by atoms with E-state index in [1.807, 2.05) is 24.3 Å². The molecule has 8 heteroatoms. The van der Waals surface area contributed by atoms with Crippen LogP contribution in [-0.2, 0) is 4.79 Å². The number of fused-ring (bicyclic) bond motifs is 1. The molecule has 1 aromatic carbocycles. The SMILES string of the molecule is CN1CCN(CN2CCC(C(=O)Nc3cc4cc(-c5cnco5)ccc4cn3)CC2)CC1. The van der Waals surface area contributed by atoms with Crippen LogP contribution in [0.1, 0.15) is 12.8 Å². The zero-order chi connectivity index (χ0) is 21.9. The predicted molar refractivity (Wildman–Crippen MR) is 124 cm³/mol. The number of nitrogens with zero attached hydrogens (tertiary/aromatic N) is 5. The third-order valence-electron chi connectivity index (χ3n) is 6.64. The second-order valence-electron chi connectivity index (χ2n) is 8.94. The van der Waals surface area contributed by atoms with E-state index in [0.717, 1.165) is 80.9 Å². The minimum Gasteiger partial charge on any atom is -0.444 e. The summed E-state index contributed by atoms with van der Waals surface area (Å²) >= 11 is 0. The highest BCUT2D eigenvalue weighted by atomic mass is 16.3. The first-order valence-electron chi connectivity index (χ1n) is 11.4. The van der Waals surface area contributed by atoms with Gasteiger partial charge in [0, 0.05) is 62.3 Å². The summed E-state index contributed by atoms with van der Waals surface area (Å²) in [6, 6.07) is 7.94. The topological polar surface area (TPSA) is 77.7 Å². The first-order chi connectivity index (χ1) is 15.6. The van der Waals surface area contributed by atoms with Crippen LogP contribution in [0.4, 0.5) is 5.82 Å². The number of hydrogen-bond donors (Lipinski definition) is 1. The second kappa shape index (κ2) is 9.36. The molecule has 2 aromatic heterocycles. The van der Waals surface area contributed by atoms with E-state index in [-0.39, 0.29) is 11.8 Å². The first-order valence-corrected chi connectivity index (χ1v) is 11.4. The quantitative estimate of drug-likeness (QED) is 0.662. The zero-order valence-corrected chi connectivity index (χ0v) is 18.5. The number of carbonyl (C=O) groups excluding carboxylic acids is 1. The molecule has 2 aliphatic rings. The third-order valence-corrected chi connectivity index (χ3v) is 6.64. The van der Waals surface area contributed by atoms with Crippen molar-refractivity contribution in [1.82, 2.24) is 24.7 Å². The number of piperazine rings is 1. The van der Waals surface area contributed by atoms with E-state index in [9.17, 15) is 4.79 Å². The van der Waals surface area contributed by atoms with Crippen LogP contribution in [0.3, 0.4) is 0 Å². The fourth-order valence-corrected chi connectivity index (χ4v) is 4.56. The number of benzene rings is 1. The molecule has 8 nitrogen and oxygen atoms in total. The highest BCUT2D eigenvalue weighted by molar-refractivity contribution is 5.94. The number of carbonyl (C=O) groups is 1. The molecule has 0 spiro atoms. The summed E-state index contributed by atoms with van der Waals surface area (Å²) in [6.07, 6.45) is 6.70. The van der Waals surface area contributed by atoms with Crippen molar-refractivity contribution < 1.29 is 9.21 Å². The zero-order valence-electron chi connectivity index (χ0n) is 18.5. The van der Waals surface area contributed by atoms with Gasteiger partial charge in [-0.05, 0) is 37.4 Å². The summed E-state index contributed by atoms with van der Waals surface area (Å²) in [7, 11) is 2.18. The van der Waals surface area contributed by atoms with E-state index in [1.165, 1.54) is 6.39 Å². The largest absolute Gasteiger partial charge is 0.444 e. The predicted octanol–water partition coefficient (Wildman–Crippen LogP) is 2.75. The Morgan fingerprint density at radius 2 is 1.81 bits per heavy atom. The number of piperidine rings is 1. The first kappa shape index (κ1) is 21.1. The molecule has 0 unspecified atom stereocenters. The van der Waals surface area contributed by atoms with Crippen LogP contribution in [0.25, 0.3) is 22.1 Å². The van der Waals surface area contributed by atoms with Crippen LogP contribution >= 0.6 is 0 Å². The molecular weight excluding hydrogens is 404 g/mol. The molecule has 3 aromatic rings. The van der Waals surface area contributed by atoms with Gasteiger partial charge in [-0.25, -0.2) is 9.97 Å². The molecule has 1 amide bonds.